The van der Waals surface area contributed by atoms with Gasteiger partial charge in [0.1, 0.15) is 11.5 Å². The lowest BCUT2D eigenvalue weighted by Gasteiger charge is -2.25. The smallest absolute Gasteiger partial charge is 0.295 e. The van der Waals surface area contributed by atoms with Crippen molar-refractivity contribution in [2.24, 2.45) is 0 Å². The van der Waals surface area contributed by atoms with Crippen LogP contribution in [0.25, 0.3) is 5.76 Å². The number of amides is 1. The number of carbonyl (C=O) groups is 2. The molecule has 2 heterocycles. The fourth-order valence-electron chi connectivity index (χ4n) is 3.40. The van der Waals surface area contributed by atoms with Gasteiger partial charge in [-0.1, -0.05) is 11.6 Å². The number of aliphatic hydroxyl groups excluding tert-OH is 1. The number of hydrogen-bond donors (Lipinski definition) is 1. The largest absolute Gasteiger partial charge is 0.507 e. The van der Waals surface area contributed by atoms with Crippen molar-refractivity contribution < 1.29 is 24.2 Å². The number of hydrogen-bond acceptors (Lipinski definition) is 6. The van der Waals surface area contributed by atoms with Crippen molar-refractivity contribution in [3.8, 4) is 5.75 Å². The van der Waals surface area contributed by atoms with Gasteiger partial charge in [0.05, 0.1) is 36.5 Å². The number of aryl methyl sites for hydroxylation is 1. The Labute approximate surface area is 184 Å². The summed E-state index contributed by atoms with van der Waals surface area (Å²) in [7, 11) is 1.47. The topological polar surface area (TPSA) is 76.1 Å². The maximum absolute atomic E-state index is 13.0. The number of aliphatic hydroxyl groups is 1. The average molecular weight is 450 g/mol. The van der Waals surface area contributed by atoms with Gasteiger partial charge in [-0.15, -0.1) is 11.3 Å². The highest BCUT2D eigenvalue weighted by Crippen LogP contribution is 2.43. The van der Waals surface area contributed by atoms with Crippen LogP contribution in [0.4, 0.5) is 0 Å². The minimum Gasteiger partial charge on any atom is -0.507 e. The Bertz CT molecular complexity index is 997. The van der Waals surface area contributed by atoms with Crippen molar-refractivity contribution in [1.29, 1.82) is 0 Å². The molecule has 1 amide bonds. The van der Waals surface area contributed by atoms with Crippen molar-refractivity contribution in [2.45, 2.75) is 32.9 Å². The second-order valence-corrected chi connectivity index (χ2v) is 8.58. The molecule has 6 nitrogen and oxygen atoms in total. The molecule has 0 bridgehead atoms. The number of ketones is 1. The number of halogens is 1. The molecule has 0 radical (unpaired) electrons. The zero-order valence-corrected chi connectivity index (χ0v) is 18.8. The van der Waals surface area contributed by atoms with E-state index in [1.54, 1.807) is 18.2 Å². The number of Topliss-reactive ketones (excluding diaryl/α,β-unsaturated/α-hetero) is 1. The van der Waals surface area contributed by atoms with Gasteiger partial charge >= 0.3 is 0 Å². The molecule has 1 N–H and O–H groups in total. The quantitative estimate of drug-likeness (QED) is 0.381. The number of benzene rings is 1. The minimum atomic E-state index is -0.719. The molecule has 30 heavy (non-hydrogen) atoms. The van der Waals surface area contributed by atoms with Gasteiger partial charge in [0.2, 0.25) is 0 Å². The van der Waals surface area contributed by atoms with Crippen LogP contribution in [0, 0.1) is 6.92 Å². The summed E-state index contributed by atoms with van der Waals surface area (Å²) in [5.41, 5.74) is 1.35. The Hall–Kier alpha value is -2.35. The molecule has 0 aliphatic carbocycles. The molecular weight excluding hydrogens is 426 g/mol. The number of ether oxygens (including phenoxy) is 2. The molecule has 0 spiro atoms. The summed E-state index contributed by atoms with van der Waals surface area (Å²) in [6.07, 6.45) is 0.00489. The molecule has 1 aromatic heterocycles. The summed E-state index contributed by atoms with van der Waals surface area (Å²) in [6, 6.07) is 5.96. The van der Waals surface area contributed by atoms with Crippen LogP contribution in [0.1, 0.15) is 35.9 Å². The lowest BCUT2D eigenvalue weighted by molar-refractivity contribution is -0.140. The first-order valence-corrected chi connectivity index (χ1v) is 10.8. The third-order valence-electron chi connectivity index (χ3n) is 4.90. The third-order valence-corrected chi connectivity index (χ3v) is 6.28. The molecule has 1 aromatic carbocycles. The molecule has 8 heteroatoms. The van der Waals surface area contributed by atoms with E-state index in [-0.39, 0.29) is 24.0 Å². The minimum absolute atomic E-state index is 0.00489. The van der Waals surface area contributed by atoms with Crippen LogP contribution in [0.5, 0.6) is 5.75 Å². The molecule has 2 aromatic rings. The Balaban J connectivity index is 2.11. The molecule has 1 saturated heterocycles. The monoisotopic (exact) mass is 449 g/mol. The summed E-state index contributed by atoms with van der Waals surface area (Å²) in [4.78, 5) is 28.1. The van der Waals surface area contributed by atoms with Crippen molar-refractivity contribution in [3.63, 3.8) is 0 Å². The number of nitrogens with zero attached hydrogens (tertiary/aromatic N) is 1. The van der Waals surface area contributed by atoms with E-state index in [0.717, 1.165) is 10.4 Å². The molecule has 1 unspecified atom stereocenters. The normalized spacial score (nSPS) is 18.5. The van der Waals surface area contributed by atoms with Crippen LogP contribution in [0.15, 0.2) is 35.2 Å². The summed E-state index contributed by atoms with van der Waals surface area (Å²) in [5, 5.41) is 13.3. The van der Waals surface area contributed by atoms with Crippen molar-refractivity contribution in [1.82, 2.24) is 4.90 Å². The van der Waals surface area contributed by atoms with Gasteiger partial charge in [0, 0.05) is 17.0 Å². The summed E-state index contributed by atoms with van der Waals surface area (Å²) in [6.45, 7) is 6.26. The second kappa shape index (κ2) is 9.20. The zero-order chi connectivity index (χ0) is 22.0. The first kappa shape index (κ1) is 22.3. The van der Waals surface area contributed by atoms with E-state index >= 15 is 0 Å². The number of methoxy groups -OCH3 is 1. The molecule has 0 saturated carbocycles. The summed E-state index contributed by atoms with van der Waals surface area (Å²) >= 11 is 7.53. The SMILES string of the molecule is COc1cc(/C(O)=C2/C(=O)C(=O)N(CCOC(C)C)C2c2sccc2C)ccc1Cl. The summed E-state index contributed by atoms with van der Waals surface area (Å²) < 4.78 is 10.8. The molecule has 3 rings (SSSR count). The molecule has 1 aliphatic heterocycles. The Kier molecular flexibility index (Phi) is 6.85. The Morgan fingerprint density at radius 1 is 1.30 bits per heavy atom. The first-order chi connectivity index (χ1) is 14.3. The highest BCUT2D eigenvalue weighted by molar-refractivity contribution is 7.10. The Morgan fingerprint density at radius 2 is 2.03 bits per heavy atom. The second-order valence-electron chi connectivity index (χ2n) is 7.23. The first-order valence-electron chi connectivity index (χ1n) is 9.54. The van der Waals surface area contributed by atoms with Gasteiger partial charge in [-0.05, 0) is 56.0 Å². The van der Waals surface area contributed by atoms with Crippen molar-refractivity contribution in [3.05, 3.63) is 56.2 Å². The lowest BCUT2D eigenvalue weighted by atomic mass is 9.98. The highest BCUT2D eigenvalue weighted by atomic mass is 35.5. The van der Waals surface area contributed by atoms with Crippen molar-refractivity contribution in [2.75, 3.05) is 20.3 Å². The van der Waals surface area contributed by atoms with Crippen LogP contribution >= 0.6 is 22.9 Å². The third kappa shape index (κ3) is 4.24. The van der Waals surface area contributed by atoms with Gasteiger partial charge in [-0.25, -0.2) is 0 Å². The number of thiophene rings is 1. The molecule has 160 valence electrons. The van der Waals surface area contributed by atoms with E-state index in [4.69, 9.17) is 21.1 Å². The van der Waals surface area contributed by atoms with Crippen LogP contribution in [0.3, 0.4) is 0 Å². The zero-order valence-electron chi connectivity index (χ0n) is 17.3. The number of rotatable bonds is 7. The number of carbonyl (C=O) groups excluding carboxylic acids is 2. The maximum Gasteiger partial charge on any atom is 0.295 e. The molecule has 1 aliphatic rings. The average Bonchev–Trinajstić information content (AvgIpc) is 3.23. The van der Waals surface area contributed by atoms with E-state index in [2.05, 4.69) is 0 Å². The standard InChI is InChI=1S/C22H24ClNO5S/c1-12(2)29-9-8-24-18(21-13(3)7-10-30-21)17(20(26)22(24)27)19(25)14-5-6-15(23)16(11-14)28-4/h5-7,10-12,18,25H,8-9H2,1-4H3/b19-17-. The van der Waals surface area contributed by atoms with Crippen LogP contribution in [-0.4, -0.2) is 48.1 Å². The van der Waals surface area contributed by atoms with Crippen LogP contribution in [-0.2, 0) is 14.3 Å². The van der Waals surface area contributed by atoms with Gasteiger partial charge in [0.25, 0.3) is 11.7 Å². The summed E-state index contributed by atoms with van der Waals surface area (Å²) in [5.74, 6) is -1.26. The van der Waals surface area contributed by atoms with Crippen molar-refractivity contribution >= 4 is 40.4 Å². The fraction of sp³-hybridized carbons (Fsp3) is 0.364. The van der Waals surface area contributed by atoms with Crippen LogP contribution in [0.2, 0.25) is 5.02 Å². The fourth-order valence-corrected chi connectivity index (χ4v) is 4.64. The van der Waals surface area contributed by atoms with Gasteiger partial charge in [0.15, 0.2) is 0 Å². The highest BCUT2D eigenvalue weighted by Gasteiger charge is 2.46. The Morgan fingerprint density at radius 3 is 2.63 bits per heavy atom. The van der Waals surface area contributed by atoms with Crippen LogP contribution < -0.4 is 4.74 Å². The van der Waals surface area contributed by atoms with Gasteiger partial charge in [-0.2, -0.15) is 0 Å². The lowest BCUT2D eigenvalue weighted by Crippen LogP contribution is -2.33. The molecular formula is C22H24ClNO5S. The predicted octanol–water partition coefficient (Wildman–Crippen LogP) is 4.57. The van der Waals surface area contributed by atoms with E-state index in [9.17, 15) is 14.7 Å². The van der Waals surface area contributed by atoms with E-state index in [1.165, 1.54) is 23.3 Å². The van der Waals surface area contributed by atoms with E-state index in [0.29, 0.717) is 22.9 Å². The molecule has 1 fully saturated rings. The number of likely N-dealkylation sites (tertiary alicyclic amines) is 1. The molecule has 1 atom stereocenters. The van der Waals surface area contributed by atoms with Gasteiger partial charge < -0.3 is 19.5 Å². The van der Waals surface area contributed by atoms with E-state index in [1.807, 2.05) is 32.2 Å². The van der Waals surface area contributed by atoms with E-state index < -0.39 is 17.7 Å². The van der Waals surface area contributed by atoms with Gasteiger partial charge in [-0.3, -0.25) is 9.59 Å². The predicted molar refractivity (Wildman–Crippen MR) is 117 cm³/mol. The maximum atomic E-state index is 13.0.